The van der Waals surface area contributed by atoms with Crippen molar-refractivity contribution in [3.05, 3.63) is 23.8 Å². The average molecular weight is 299 g/mol. The van der Waals surface area contributed by atoms with E-state index in [9.17, 15) is 4.79 Å². The number of piperazine rings is 1. The zero-order valence-corrected chi connectivity index (χ0v) is 12.2. The van der Waals surface area contributed by atoms with Gasteiger partial charge in [0.2, 0.25) is 0 Å². The first-order chi connectivity index (χ1) is 9.27. The Labute approximate surface area is 124 Å². The van der Waals surface area contributed by atoms with Gasteiger partial charge in [-0.2, -0.15) is 0 Å². The van der Waals surface area contributed by atoms with E-state index in [0.717, 1.165) is 19.6 Å². The second kappa shape index (κ2) is 6.33. The minimum absolute atomic E-state index is 0. The average Bonchev–Trinajstić information content (AvgIpc) is 2.46. The Kier molecular flexibility index (Phi) is 4.73. The molecule has 0 saturated carbocycles. The van der Waals surface area contributed by atoms with Crippen LogP contribution in [-0.2, 0) is 0 Å². The lowest BCUT2D eigenvalue weighted by Crippen LogP contribution is -2.52. The van der Waals surface area contributed by atoms with Crippen molar-refractivity contribution in [1.29, 1.82) is 0 Å². The number of para-hydroxylation sites is 1. The summed E-state index contributed by atoms with van der Waals surface area (Å²) in [5, 5.41) is 3.28. The Balaban J connectivity index is 0.00000147. The van der Waals surface area contributed by atoms with E-state index in [-0.39, 0.29) is 24.4 Å². The molecule has 1 saturated heterocycles. The van der Waals surface area contributed by atoms with Crippen LogP contribution in [0.3, 0.4) is 0 Å². The van der Waals surface area contributed by atoms with E-state index in [1.807, 2.05) is 23.1 Å². The Morgan fingerprint density at radius 1 is 1.35 bits per heavy atom. The Hall–Kier alpha value is -1.46. The third kappa shape index (κ3) is 2.69. The van der Waals surface area contributed by atoms with Crippen molar-refractivity contribution >= 4 is 18.3 Å². The third-order valence-corrected chi connectivity index (χ3v) is 3.56. The maximum Gasteiger partial charge on any atom is 0.258 e. The Bertz CT molecular complexity index is 495. The number of hydrogen-bond acceptors (Lipinski definition) is 4. The van der Waals surface area contributed by atoms with Gasteiger partial charge in [-0.1, -0.05) is 6.07 Å². The lowest BCUT2D eigenvalue weighted by atomic mass is 10.1. The van der Waals surface area contributed by atoms with Gasteiger partial charge in [-0.25, -0.2) is 0 Å². The molecule has 5 nitrogen and oxygen atoms in total. The second-order valence-corrected chi connectivity index (χ2v) is 4.88. The fourth-order valence-corrected chi connectivity index (χ4v) is 2.54. The molecule has 0 spiro atoms. The van der Waals surface area contributed by atoms with Crippen LogP contribution < -0.4 is 14.8 Å². The van der Waals surface area contributed by atoms with Crippen LogP contribution in [0.4, 0.5) is 0 Å². The number of nitrogens with one attached hydrogen (secondary N) is 1. The van der Waals surface area contributed by atoms with Gasteiger partial charge in [0.1, 0.15) is 13.2 Å². The molecule has 1 N–H and O–H groups in total. The van der Waals surface area contributed by atoms with Crippen LogP contribution in [-0.4, -0.2) is 49.7 Å². The molecule has 2 heterocycles. The van der Waals surface area contributed by atoms with Crippen LogP contribution in [0.5, 0.6) is 11.5 Å². The highest BCUT2D eigenvalue weighted by Crippen LogP contribution is 2.34. The molecule has 2 aliphatic rings. The Morgan fingerprint density at radius 3 is 2.95 bits per heavy atom. The van der Waals surface area contributed by atoms with E-state index < -0.39 is 0 Å². The van der Waals surface area contributed by atoms with E-state index in [4.69, 9.17) is 9.47 Å². The van der Waals surface area contributed by atoms with Gasteiger partial charge >= 0.3 is 0 Å². The first-order valence-corrected chi connectivity index (χ1v) is 6.67. The molecular formula is C14H19ClN2O3. The number of fused-ring (bicyclic) bond motifs is 1. The van der Waals surface area contributed by atoms with Crippen LogP contribution in [0.1, 0.15) is 17.3 Å². The predicted octanol–water partition coefficient (Wildman–Crippen LogP) is 1.31. The molecule has 1 atom stereocenters. The molecule has 0 aromatic heterocycles. The molecule has 1 aromatic carbocycles. The molecule has 3 rings (SSSR count). The third-order valence-electron chi connectivity index (χ3n) is 3.56. The van der Waals surface area contributed by atoms with E-state index in [0.29, 0.717) is 30.3 Å². The number of hydrogen-bond donors (Lipinski definition) is 1. The smallest absolute Gasteiger partial charge is 0.258 e. The Morgan fingerprint density at radius 2 is 2.15 bits per heavy atom. The summed E-state index contributed by atoms with van der Waals surface area (Å²) in [5.74, 6) is 1.28. The van der Waals surface area contributed by atoms with E-state index in [1.165, 1.54) is 0 Å². The van der Waals surface area contributed by atoms with Crippen molar-refractivity contribution in [2.45, 2.75) is 13.0 Å². The summed E-state index contributed by atoms with van der Waals surface area (Å²) in [6, 6.07) is 5.69. The van der Waals surface area contributed by atoms with Gasteiger partial charge in [0.05, 0.1) is 5.56 Å². The fourth-order valence-electron chi connectivity index (χ4n) is 2.54. The van der Waals surface area contributed by atoms with Crippen LogP contribution >= 0.6 is 12.4 Å². The highest BCUT2D eigenvalue weighted by molar-refractivity contribution is 5.98. The highest BCUT2D eigenvalue weighted by Gasteiger charge is 2.28. The molecule has 110 valence electrons. The van der Waals surface area contributed by atoms with Crippen molar-refractivity contribution < 1.29 is 14.3 Å². The van der Waals surface area contributed by atoms with Gasteiger partial charge in [-0.05, 0) is 19.1 Å². The van der Waals surface area contributed by atoms with Crippen molar-refractivity contribution in [3.8, 4) is 11.5 Å². The summed E-state index contributed by atoms with van der Waals surface area (Å²) in [6.45, 7) is 5.48. The number of rotatable bonds is 1. The normalized spacial score (nSPS) is 21.1. The molecule has 1 aromatic rings. The maximum atomic E-state index is 12.6. The molecule has 20 heavy (non-hydrogen) atoms. The molecular weight excluding hydrogens is 280 g/mol. The van der Waals surface area contributed by atoms with Crippen LogP contribution in [0, 0.1) is 0 Å². The summed E-state index contributed by atoms with van der Waals surface area (Å²) in [7, 11) is 0. The SMILES string of the molecule is C[C@@H]1CNCCN1C(=O)c1cccc2c1OCCO2.Cl. The van der Waals surface area contributed by atoms with Gasteiger partial charge in [0, 0.05) is 25.7 Å². The molecule has 1 fully saturated rings. The summed E-state index contributed by atoms with van der Waals surface area (Å²) in [6.07, 6.45) is 0. The molecule has 0 unspecified atom stereocenters. The number of benzene rings is 1. The number of carbonyl (C=O) groups is 1. The van der Waals surface area contributed by atoms with Crippen LogP contribution in [0.2, 0.25) is 0 Å². The standard InChI is InChI=1S/C14H18N2O3.ClH/c1-10-9-15-5-6-16(10)14(17)11-3-2-4-12-13(11)19-8-7-18-12;/h2-4,10,15H,5-9H2,1H3;1H/t10-;/m1./s1. The molecule has 0 radical (unpaired) electrons. The zero-order chi connectivity index (χ0) is 13.2. The fraction of sp³-hybridized carbons (Fsp3) is 0.500. The number of halogens is 1. The summed E-state index contributed by atoms with van der Waals surface area (Å²) < 4.78 is 11.1. The number of nitrogens with zero attached hydrogens (tertiary/aromatic N) is 1. The molecule has 2 aliphatic heterocycles. The minimum atomic E-state index is 0. The van der Waals surface area contributed by atoms with Crippen molar-refractivity contribution in [1.82, 2.24) is 10.2 Å². The topological polar surface area (TPSA) is 50.8 Å². The first-order valence-electron chi connectivity index (χ1n) is 6.67. The lowest BCUT2D eigenvalue weighted by molar-refractivity contribution is 0.0646. The maximum absolute atomic E-state index is 12.6. The number of amides is 1. The van der Waals surface area contributed by atoms with Crippen LogP contribution in [0.25, 0.3) is 0 Å². The van der Waals surface area contributed by atoms with E-state index in [1.54, 1.807) is 0 Å². The second-order valence-electron chi connectivity index (χ2n) is 4.88. The molecule has 0 aliphatic carbocycles. The zero-order valence-electron chi connectivity index (χ0n) is 11.4. The van der Waals surface area contributed by atoms with Gasteiger partial charge in [0.15, 0.2) is 11.5 Å². The van der Waals surface area contributed by atoms with Gasteiger partial charge in [-0.3, -0.25) is 4.79 Å². The number of ether oxygens (including phenoxy) is 2. The molecule has 6 heteroatoms. The summed E-state index contributed by atoms with van der Waals surface area (Å²) >= 11 is 0. The van der Waals surface area contributed by atoms with Crippen molar-refractivity contribution in [3.63, 3.8) is 0 Å². The number of carbonyl (C=O) groups excluding carboxylic acids is 1. The van der Waals surface area contributed by atoms with Crippen LogP contribution in [0.15, 0.2) is 18.2 Å². The molecule has 1 amide bonds. The lowest BCUT2D eigenvalue weighted by Gasteiger charge is -2.34. The minimum Gasteiger partial charge on any atom is -0.486 e. The monoisotopic (exact) mass is 298 g/mol. The molecule has 0 bridgehead atoms. The van der Waals surface area contributed by atoms with E-state index >= 15 is 0 Å². The van der Waals surface area contributed by atoms with Gasteiger partial charge < -0.3 is 19.7 Å². The highest BCUT2D eigenvalue weighted by atomic mass is 35.5. The van der Waals surface area contributed by atoms with Crippen molar-refractivity contribution in [2.24, 2.45) is 0 Å². The summed E-state index contributed by atoms with van der Waals surface area (Å²) in [4.78, 5) is 14.5. The largest absolute Gasteiger partial charge is 0.486 e. The van der Waals surface area contributed by atoms with E-state index in [2.05, 4.69) is 12.2 Å². The quantitative estimate of drug-likeness (QED) is 0.849. The summed E-state index contributed by atoms with van der Waals surface area (Å²) in [5.41, 5.74) is 0.603. The first kappa shape index (κ1) is 14.9. The van der Waals surface area contributed by atoms with Crippen molar-refractivity contribution in [2.75, 3.05) is 32.8 Å². The predicted molar refractivity (Wildman–Crippen MR) is 78.0 cm³/mol. The van der Waals surface area contributed by atoms with Gasteiger partial charge in [0.25, 0.3) is 5.91 Å². The van der Waals surface area contributed by atoms with Gasteiger partial charge in [-0.15, -0.1) is 12.4 Å².